The van der Waals surface area contributed by atoms with E-state index < -0.39 is 30.6 Å². The van der Waals surface area contributed by atoms with Crippen LogP contribution in [0.2, 0.25) is 0 Å². The van der Waals surface area contributed by atoms with Crippen molar-refractivity contribution in [3.8, 4) is 0 Å². The van der Waals surface area contributed by atoms with E-state index in [1.54, 1.807) is 4.57 Å². The lowest BCUT2D eigenvalue weighted by atomic mass is 9.91. The summed E-state index contributed by atoms with van der Waals surface area (Å²) < 4.78 is 56.3. The van der Waals surface area contributed by atoms with Crippen LogP contribution in [0.15, 0.2) is 12.4 Å². The third-order valence-electron chi connectivity index (χ3n) is 7.42. The van der Waals surface area contributed by atoms with Gasteiger partial charge in [-0.05, 0) is 43.6 Å². The molecule has 2 unspecified atom stereocenters. The first kappa shape index (κ1) is 25.8. The van der Waals surface area contributed by atoms with Crippen LogP contribution < -0.4 is 16.0 Å². The second-order valence-electron chi connectivity index (χ2n) is 10.3. The van der Waals surface area contributed by atoms with Crippen LogP contribution >= 0.6 is 11.3 Å². The van der Waals surface area contributed by atoms with Crippen molar-refractivity contribution in [3.63, 3.8) is 0 Å². The average molecular weight is 567 g/mol. The van der Waals surface area contributed by atoms with Gasteiger partial charge in [-0.3, -0.25) is 18.8 Å². The number of fused-ring (bicyclic) bond motifs is 1. The monoisotopic (exact) mass is 566 g/mol. The molecular weight excluding hydrogens is 540 g/mol. The summed E-state index contributed by atoms with van der Waals surface area (Å²) in [6.45, 7) is 0.520. The summed E-state index contributed by atoms with van der Waals surface area (Å²) in [7, 11) is 1.53. The molecule has 6 rings (SSSR count). The number of hydrogen-bond acceptors (Lipinski definition) is 7. The number of thiophene rings is 1. The standard InChI is InChI=1S/C24H26F4N8O2S/c1-35-17(7-15(34-35)19(25)26)31-23-33-30-10-36(23)12-4-5-16-13(6-12)18(21(38)29-9-11-2-3-11)22(39-16)32-20(37)14-8-24(14,27)28/h7,10-12,14,19H,2-6,8-9H2,1H3,(H,29,38)(H,31,33)(H,32,37). The predicted octanol–water partition coefficient (Wildman–Crippen LogP) is 4.22. The minimum absolute atomic E-state index is 0.182. The van der Waals surface area contributed by atoms with E-state index in [-0.39, 0.29) is 22.6 Å². The molecule has 0 radical (unpaired) electrons. The van der Waals surface area contributed by atoms with Gasteiger partial charge in [0, 0.05) is 37.0 Å². The number of hydrogen-bond donors (Lipinski definition) is 3. The lowest BCUT2D eigenvalue weighted by molar-refractivity contribution is -0.119. The Morgan fingerprint density at radius 2 is 2.03 bits per heavy atom. The van der Waals surface area contributed by atoms with Gasteiger partial charge in [0.25, 0.3) is 18.3 Å². The topological polar surface area (TPSA) is 119 Å². The molecule has 208 valence electrons. The number of alkyl halides is 4. The van der Waals surface area contributed by atoms with Gasteiger partial charge in [-0.2, -0.15) is 5.10 Å². The summed E-state index contributed by atoms with van der Waals surface area (Å²) in [6.07, 6.45) is 2.06. The van der Waals surface area contributed by atoms with Crippen molar-refractivity contribution < 1.29 is 27.2 Å². The van der Waals surface area contributed by atoms with Crippen LogP contribution in [0.5, 0.6) is 0 Å². The second kappa shape index (κ2) is 9.61. The number of amides is 2. The Morgan fingerprint density at radius 3 is 2.69 bits per heavy atom. The van der Waals surface area contributed by atoms with Gasteiger partial charge in [-0.15, -0.1) is 21.5 Å². The summed E-state index contributed by atoms with van der Waals surface area (Å²) in [4.78, 5) is 26.7. The first-order chi connectivity index (χ1) is 18.6. The number of aromatic nitrogens is 5. The maximum atomic E-state index is 13.5. The van der Waals surface area contributed by atoms with Gasteiger partial charge >= 0.3 is 0 Å². The fourth-order valence-corrected chi connectivity index (χ4v) is 6.15. The van der Waals surface area contributed by atoms with Crippen molar-refractivity contribution in [2.75, 3.05) is 17.2 Å². The van der Waals surface area contributed by atoms with Gasteiger partial charge in [0.15, 0.2) is 0 Å². The van der Waals surface area contributed by atoms with Crippen LogP contribution in [0.1, 0.15) is 64.6 Å². The van der Waals surface area contributed by atoms with Crippen LogP contribution in [-0.2, 0) is 24.7 Å². The normalized spacial score (nSPS) is 21.5. The average Bonchev–Trinajstić information content (AvgIpc) is 3.66. The van der Waals surface area contributed by atoms with E-state index in [0.717, 1.165) is 23.3 Å². The molecule has 2 fully saturated rings. The van der Waals surface area contributed by atoms with Gasteiger partial charge in [-0.1, -0.05) is 0 Å². The van der Waals surface area contributed by atoms with Crippen LogP contribution in [0, 0.1) is 11.8 Å². The summed E-state index contributed by atoms with van der Waals surface area (Å²) in [5, 5.41) is 20.7. The van der Waals surface area contributed by atoms with E-state index in [1.807, 2.05) is 0 Å². The van der Waals surface area contributed by atoms with E-state index in [9.17, 15) is 27.2 Å². The number of carbonyl (C=O) groups is 2. The fraction of sp³-hybridized carbons (Fsp3) is 0.542. The number of rotatable bonds is 9. The number of anilines is 3. The number of nitrogens with zero attached hydrogens (tertiary/aromatic N) is 5. The molecule has 15 heteroatoms. The highest BCUT2D eigenvalue weighted by atomic mass is 32.1. The van der Waals surface area contributed by atoms with Crippen LogP contribution in [0.3, 0.4) is 0 Å². The molecular formula is C24H26F4N8O2S. The summed E-state index contributed by atoms with van der Waals surface area (Å²) in [6, 6.07) is 1.06. The minimum Gasteiger partial charge on any atom is -0.352 e. The quantitative estimate of drug-likeness (QED) is 0.334. The van der Waals surface area contributed by atoms with Crippen molar-refractivity contribution >= 4 is 39.9 Å². The molecule has 3 aliphatic carbocycles. The molecule has 3 aromatic heterocycles. The highest BCUT2D eigenvalue weighted by Gasteiger charge is 2.61. The van der Waals surface area contributed by atoms with E-state index in [4.69, 9.17) is 0 Å². The first-order valence-electron chi connectivity index (χ1n) is 12.7. The summed E-state index contributed by atoms with van der Waals surface area (Å²) in [5.74, 6) is -4.44. The highest BCUT2D eigenvalue weighted by molar-refractivity contribution is 7.17. The zero-order valence-electron chi connectivity index (χ0n) is 20.9. The molecule has 3 heterocycles. The highest BCUT2D eigenvalue weighted by Crippen LogP contribution is 2.50. The molecule has 0 aromatic carbocycles. The van der Waals surface area contributed by atoms with Gasteiger partial charge in [0.05, 0.1) is 5.56 Å². The number of carbonyl (C=O) groups excluding carboxylic acids is 2. The van der Waals surface area contributed by atoms with Crippen molar-refractivity contribution in [2.24, 2.45) is 18.9 Å². The zero-order chi connectivity index (χ0) is 27.5. The molecule has 2 saturated carbocycles. The Kier molecular flexibility index (Phi) is 6.35. The summed E-state index contributed by atoms with van der Waals surface area (Å²) >= 11 is 1.25. The van der Waals surface area contributed by atoms with Crippen LogP contribution in [0.4, 0.5) is 34.3 Å². The zero-order valence-corrected chi connectivity index (χ0v) is 21.7. The Labute approximate surface area is 224 Å². The van der Waals surface area contributed by atoms with Gasteiger partial charge in [0.1, 0.15) is 28.8 Å². The predicted molar refractivity (Wildman–Crippen MR) is 134 cm³/mol. The molecule has 39 heavy (non-hydrogen) atoms. The second-order valence-corrected chi connectivity index (χ2v) is 11.4. The molecule has 2 atom stereocenters. The molecule has 2 amide bonds. The Hall–Kier alpha value is -3.49. The lowest BCUT2D eigenvalue weighted by Gasteiger charge is -2.25. The smallest absolute Gasteiger partial charge is 0.282 e. The SMILES string of the molecule is Cn1nc(C(F)F)cc1Nc1nncn1C1CCc2sc(NC(=O)C3CC3(F)F)c(C(=O)NCC3CC3)c2C1. The molecule has 3 aliphatic rings. The Balaban J connectivity index is 1.26. The Morgan fingerprint density at radius 1 is 1.26 bits per heavy atom. The largest absolute Gasteiger partial charge is 0.352 e. The van der Waals surface area contributed by atoms with Gasteiger partial charge < -0.3 is 16.0 Å². The minimum atomic E-state index is -3.01. The molecule has 0 saturated heterocycles. The fourth-order valence-electron chi connectivity index (χ4n) is 4.90. The maximum absolute atomic E-state index is 13.5. The number of aryl methyl sites for hydroxylation is 2. The van der Waals surface area contributed by atoms with E-state index >= 15 is 0 Å². The van der Waals surface area contributed by atoms with Gasteiger partial charge in [-0.25, -0.2) is 17.6 Å². The lowest BCUT2D eigenvalue weighted by Crippen LogP contribution is -2.29. The van der Waals surface area contributed by atoms with Crippen molar-refractivity contribution in [3.05, 3.63) is 34.1 Å². The number of halogens is 4. The number of nitrogens with one attached hydrogen (secondary N) is 3. The molecule has 3 aromatic rings. The molecule has 0 aliphatic heterocycles. The summed E-state index contributed by atoms with van der Waals surface area (Å²) in [5.41, 5.74) is 0.697. The van der Waals surface area contributed by atoms with Gasteiger partial charge in [0.2, 0.25) is 11.9 Å². The molecule has 3 N–H and O–H groups in total. The molecule has 0 spiro atoms. The van der Waals surface area contributed by atoms with Crippen LogP contribution in [-0.4, -0.2) is 48.8 Å². The van der Waals surface area contributed by atoms with E-state index in [2.05, 4.69) is 31.2 Å². The van der Waals surface area contributed by atoms with Crippen molar-refractivity contribution in [1.29, 1.82) is 0 Å². The van der Waals surface area contributed by atoms with Crippen molar-refractivity contribution in [2.45, 2.75) is 56.9 Å². The Bertz CT molecular complexity index is 1430. The molecule has 0 bridgehead atoms. The molecule has 10 nitrogen and oxygen atoms in total. The third-order valence-corrected chi connectivity index (χ3v) is 8.63. The van der Waals surface area contributed by atoms with E-state index in [1.165, 1.54) is 35.5 Å². The van der Waals surface area contributed by atoms with E-state index in [0.29, 0.717) is 49.1 Å². The van der Waals surface area contributed by atoms with Crippen LogP contribution in [0.25, 0.3) is 0 Å². The van der Waals surface area contributed by atoms with Crippen molar-refractivity contribution in [1.82, 2.24) is 29.9 Å². The maximum Gasteiger partial charge on any atom is 0.282 e. The third kappa shape index (κ3) is 5.11. The first-order valence-corrected chi connectivity index (χ1v) is 13.5.